The number of phenols is 2. The molecule has 0 saturated carbocycles. The first-order valence-electron chi connectivity index (χ1n) is 6.37. The summed E-state index contributed by atoms with van der Waals surface area (Å²) in [5.74, 6) is 0.644. The topological polar surface area (TPSA) is 40.5 Å². The molecule has 2 N–H and O–H groups in total. The summed E-state index contributed by atoms with van der Waals surface area (Å²) in [5, 5.41) is 17.3. The van der Waals surface area contributed by atoms with Crippen LogP contribution in [0.2, 0.25) is 0 Å². The van der Waals surface area contributed by atoms with Gasteiger partial charge in [-0.3, -0.25) is 0 Å². The minimum atomic E-state index is 0.322. The van der Waals surface area contributed by atoms with Crippen molar-refractivity contribution in [2.45, 2.75) is 0 Å². The summed E-state index contributed by atoms with van der Waals surface area (Å²) in [6.07, 6.45) is 0. The van der Waals surface area contributed by atoms with Gasteiger partial charge in [-0.05, 0) is 59.0 Å². The van der Waals surface area contributed by atoms with Gasteiger partial charge in [-0.1, -0.05) is 54.6 Å². The Morgan fingerprint density at radius 1 is 0.476 bits per heavy atom. The summed E-state index contributed by atoms with van der Waals surface area (Å²) in [4.78, 5) is 0. The lowest BCUT2D eigenvalue weighted by atomic mass is 10.3. The highest BCUT2D eigenvalue weighted by Gasteiger charge is 1.75. The predicted molar refractivity (Wildman–Crippen MR) is 95.4 cm³/mol. The summed E-state index contributed by atoms with van der Waals surface area (Å²) in [6.45, 7) is 0. The molecule has 0 aliphatic carbocycles. The summed E-state index contributed by atoms with van der Waals surface area (Å²) >= 11 is 2.28. The van der Waals surface area contributed by atoms with Crippen molar-refractivity contribution in [1.29, 1.82) is 0 Å². The standard InChI is InChI=1S/C6H5I.2C6H6O/c3*7-6-4-2-1-3-5-6/h1-5H;2*1-5,7H. The van der Waals surface area contributed by atoms with Crippen molar-refractivity contribution < 1.29 is 10.2 Å². The molecule has 0 radical (unpaired) electrons. The Morgan fingerprint density at radius 2 is 0.762 bits per heavy atom. The van der Waals surface area contributed by atoms with Crippen molar-refractivity contribution >= 4 is 22.6 Å². The van der Waals surface area contributed by atoms with Crippen LogP contribution in [0.3, 0.4) is 0 Å². The van der Waals surface area contributed by atoms with Crippen molar-refractivity contribution in [3.8, 4) is 11.5 Å². The van der Waals surface area contributed by atoms with Gasteiger partial charge in [-0.2, -0.15) is 0 Å². The zero-order valence-corrected chi connectivity index (χ0v) is 13.6. The van der Waals surface area contributed by atoms with Gasteiger partial charge in [-0.15, -0.1) is 0 Å². The van der Waals surface area contributed by atoms with Gasteiger partial charge in [0.05, 0.1) is 0 Å². The Hall–Kier alpha value is -2.01. The first-order chi connectivity index (χ1) is 10.2. The molecule has 0 atom stereocenters. The van der Waals surface area contributed by atoms with Crippen LogP contribution in [0.5, 0.6) is 11.5 Å². The van der Waals surface area contributed by atoms with Crippen LogP contribution in [-0.2, 0) is 0 Å². The van der Waals surface area contributed by atoms with E-state index in [9.17, 15) is 0 Å². The summed E-state index contributed by atoms with van der Waals surface area (Å²) in [5.41, 5.74) is 0. The number of rotatable bonds is 0. The minimum Gasteiger partial charge on any atom is -0.508 e. The lowest BCUT2D eigenvalue weighted by Crippen LogP contribution is -1.61. The first kappa shape index (κ1) is 17.0. The molecule has 108 valence electrons. The largest absolute Gasteiger partial charge is 0.508 e. The van der Waals surface area contributed by atoms with Gasteiger partial charge in [-0.25, -0.2) is 0 Å². The monoisotopic (exact) mass is 392 g/mol. The molecule has 0 spiro atoms. The molecule has 21 heavy (non-hydrogen) atoms. The predicted octanol–water partition coefficient (Wildman–Crippen LogP) is 5.08. The van der Waals surface area contributed by atoms with Gasteiger partial charge in [0.2, 0.25) is 0 Å². The number of hydrogen-bond donors (Lipinski definition) is 2. The molecule has 0 aliphatic heterocycles. The number of para-hydroxylation sites is 2. The van der Waals surface area contributed by atoms with E-state index in [4.69, 9.17) is 10.2 Å². The van der Waals surface area contributed by atoms with Crippen molar-refractivity contribution in [1.82, 2.24) is 0 Å². The maximum atomic E-state index is 8.63. The Balaban J connectivity index is 0.000000157. The average Bonchev–Trinajstić information content (AvgIpc) is 2.51. The normalized spacial score (nSPS) is 8.62. The Kier molecular flexibility index (Phi) is 8.72. The third kappa shape index (κ3) is 9.51. The quantitative estimate of drug-likeness (QED) is 0.524. The fourth-order valence-corrected chi connectivity index (χ4v) is 1.69. The van der Waals surface area contributed by atoms with E-state index in [0.717, 1.165) is 0 Å². The second-order valence-corrected chi connectivity index (χ2v) is 5.21. The van der Waals surface area contributed by atoms with Gasteiger partial charge < -0.3 is 10.2 Å². The summed E-state index contributed by atoms with van der Waals surface area (Å²) < 4.78 is 1.29. The number of hydrogen-bond acceptors (Lipinski definition) is 2. The molecule has 0 aromatic heterocycles. The van der Waals surface area contributed by atoms with E-state index < -0.39 is 0 Å². The summed E-state index contributed by atoms with van der Waals surface area (Å²) in [6, 6.07) is 27.6. The molecule has 0 heterocycles. The molecule has 0 unspecified atom stereocenters. The number of benzene rings is 3. The second-order valence-electron chi connectivity index (χ2n) is 3.97. The van der Waals surface area contributed by atoms with Gasteiger partial charge >= 0.3 is 0 Å². The lowest BCUT2D eigenvalue weighted by molar-refractivity contribution is 0.475. The van der Waals surface area contributed by atoms with E-state index >= 15 is 0 Å². The number of phenolic OH excluding ortho intramolecular Hbond substituents is 2. The molecule has 0 bridgehead atoms. The minimum absolute atomic E-state index is 0.322. The van der Waals surface area contributed by atoms with Gasteiger partial charge in [0.25, 0.3) is 0 Å². The zero-order valence-electron chi connectivity index (χ0n) is 11.4. The second kappa shape index (κ2) is 10.7. The Labute approximate surface area is 138 Å². The first-order valence-corrected chi connectivity index (χ1v) is 7.45. The maximum absolute atomic E-state index is 8.63. The molecule has 2 nitrogen and oxygen atoms in total. The van der Waals surface area contributed by atoms with E-state index in [2.05, 4.69) is 34.7 Å². The molecule has 3 aromatic rings. The molecular weight excluding hydrogens is 375 g/mol. The van der Waals surface area contributed by atoms with E-state index in [1.54, 1.807) is 48.5 Å². The van der Waals surface area contributed by atoms with Gasteiger partial charge in [0.1, 0.15) is 11.5 Å². The highest BCUT2D eigenvalue weighted by atomic mass is 127. The smallest absolute Gasteiger partial charge is 0.115 e. The molecular formula is C18H17IO2. The van der Waals surface area contributed by atoms with Crippen LogP contribution in [0.1, 0.15) is 0 Å². The number of halogens is 1. The molecule has 0 saturated heterocycles. The fraction of sp³-hybridized carbons (Fsp3) is 0. The van der Waals surface area contributed by atoms with Crippen LogP contribution in [0, 0.1) is 3.57 Å². The number of aromatic hydroxyl groups is 2. The maximum Gasteiger partial charge on any atom is 0.115 e. The molecule has 3 heteroatoms. The van der Waals surface area contributed by atoms with Crippen LogP contribution in [0.25, 0.3) is 0 Å². The molecule has 0 fully saturated rings. The third-order valence-corrected chi connectivity index (χ3v) is 2.96. The van der Waals surface area contributed by atoms with Crippen molar-refractivity contribution in [3.63, 3.8) is 0 Å². The van der Waals surface area contributed by atoms with Crippen molar-refractivity contribution in [3.05, 3.63) is 94.6 Å². The van der Waals surface area contributed by atoms with Crippen LogP contribution in [0.4, 0.5) is 0 Å². The summed E-state index contributed by atoms with van der Waals surface area (Å²) in [7, 11) is 0. The van der Waals surface area contributed by atoms with E-state index in [0.29, 0.717) is 11.5 Å². The van der Waals surface area contributed by atoms with E-state index in [-0.39, 0.29) is 0 Å². The fourth-order valence-electron chi connectivity index (χ4n) is 1.27. The average molecular weight is 392 g/mol. The SMILES string of the molecule is Ic1ccccc1.Oc1ccccc1.Oc1ccccc1. The van der Waals surface area contributed by atoms with Crippen LogP contribution >= 0.6 is 22.6 Å². The van der Waals surface area contributed by atoms with Gasteiger partial charge in [0.15, 0.2) is 0 Å². The Morgan fingerprint density at radius 3 is 0.905 bits per heavy atom. The molecule has 0 aliphatic rings. The zero-order chi connectivity index (χ0) is 15.3. The molecule has 3 aromatic carbocycles. The third-order valence-electron chi connectivity index (χ3n) is 2.25. The van der Waals surface area contributed by atoms with Gasteiger partial charge in [0, 0.05) is 3.57 Å². The Bertz CT molecular complexity index is 494. The van der Waals surface area contributed by atoms with Crippen molar-refractivity contribution in [2.75, 3.05) is 0 Å². The lowest BCUT2D eigenvalue weighted by Gasteiger charge is -1.82. The van der Waals surface area contributed by atoms with Crippen molar-refractivity contribution in [2.24, 2.45) is 0 Å². The van der Waals surface area contributed by atoms with E-state index in [1.807, 2.05) is 30.3 Å². The molecule has 0 amide bonds. The highest BCUT2D eigenvalue weighted by Crippen LogP contribution is 2.03. The van der Waals surface area contributed by atoms with Crippen LogP contribution in [0.15, 0.2) is 91.0 Å². The van der Waals surface area contributed by atoms with Crippen LogP contribution in [-0.4, -0.2) is 10.2 Å². The van der Waals surface area contributed by atoms with E-state index in [1.165, 1.54) is 3.57 Å². The molecule has 3 rings (SSSR count). The highest BCUT2D eigenvalue weighted by molar-refractivity contribution is 14.1. The van der Waals surface area contributed by atoms with Crippen LogP contribution < -0.4 is 0 Å².